The topological polar surface area (TPSA) is 43.2 Å². The van der Waals surface area contributed by atoms with E-state index >= 15 is 0 Å². The van der Waals surface area contributed by atoms with Crippen LogP contribution in [-0.4, -0.2) is 40.7 Å². The second-order valence-electron chi connectivity index (χ2n) is 4.99. The Morgan fingerprint density at radius 3 is 2.70 bits per heavy atom. The number of hydrogen-bond donors (Lipinski definition) is 0. The van der Waals surface area contributed by atoms with E-state index in [4.69, 9.17) is 16.3 Å². The van der Waals surface area contributed by atoms with Gasteiger partial charge >= 0.3 is 0 Å². The molecule has 2 aromatic heterocycles. The number of methoxy groups -OCH3 is 1. The van der Waals surface area contributed by atoms with Crippen LogP contribution in [0.25, 0.3) is 11.2 Å². The summed E-state index contributed by atoms with van der Waals surface area (Å²) in [6.07, 6.45) is 4.47. The molecule has 0 atom stereocenters. The fraction of sp³-hybridized carbons (Fsp3) is 0.571. The van der Waals surface area contributed by atoms with Gasteiger partial charge in [0.25, 0.3) is 0 Å². The second-order valence-corrected chi connectivity index (χ2v) is 5.37. The highest BCUT2D eigenvalue weighted by atomic mass is 35.5. The molecule has 3 rings (SSSR count). The van der Waals surface area contributed by atoms with Gasteiger partial charge in [0, 0.05) is 31.5 Å². The largest absolute Gasteiger partial charge is 0.481 e. The minimum Gasteiger partial charge on any atom is -0.481 e. The van der Waals surface area contributed by atoms with E-state index in [0.29, 0.717) is 11.8 Å². The van der Waals surface area contributed by atoms with Crippen molar-refractivity contribution in [3.63, 3.8) is 0 Å². The summed E-state index contributed by atoms with van der Waals surface area (Å²) in [6, 6.07) is 3.81. The van der Waals surface area contributed by atoms with Crippen LogP contribution in [0.3, 0.4) is 0 Å². The Labute approximate surface area is 123 Å². The third kappa shape index (κ3) is 2.42. The molecule has 0 spiro atoms. The molecule has 2 aromatic rings. The van der Waals surface area contributed by atoms with E-state index in [2.05, 4.69) is 19.7 Å². The summed E-state index contributed by atoms with van der Waals surface area (Å²) in [4.78, 5) is 9.24. The number of ether oxygens (including phenoxy) is 1. The quantitative estimate of drug-likeness (QED) is 0.812. The van der Waals surface area contributed by atoms with Crippen LogP contribution in [0.1, 0.15) is 25.1 Å². The SMILES string of the molecule is COc1ccc2nc(CCCl)n(N3CCCCC3)c2n1. The van der Waals surface area contributed by atoms with Gasteiger partial charge in [-0.05, 0) is 25.3 Å². The van der Waals surface area contributed by atoms with Gasteiger partial charge in [-0.25, -0.2) is 9.66 Å². The third-order valence-electron chi connectivity index (χ3n) is 3.67. The molecule has 1 fully saturated rings. The molecule has 1 aliphatic heterocycles. The van der Waals surface area contributed by atoms with Crippen molar-refractivity contribution in [3.05, 3.63) is 18.0 Å². The molecule has 5 nitrogen and oxygen atoms in total. The van der Waals surface area contributed by atoms with Gasteiger partial charge in [-0.1, -0.05) is 0 Å². The number of pyridine rings is 1. The first-order valence-corrected chi connectivity index (χ1v) is 7.60. The lowest BCUT2D eigenvalue weighted by Crippen LogP contribution is -2.40. The standard InChI is InChI=1S/C14H19ClN4O/c1-20-13-6-5-11-14(17-13)19(12(16-11)7-8-15)18-9-3-2-4-10-18/h5-6H,2-4,7-10H2,1H3. The zero-order valence-electron chi connectivity index (χ0n) is 11.7. The molecular formula is C14H19ClN4O. The van der Waals surface area contributed by atoms with E-state index in [1.54, 1.807) is 7.11 Å². The minimum atomic E-state index is 0.564. The van der Waals surface area contributed by atoms with Crippen molar-refractivity contribution in [1.82, 2.24) is 14.6 Å². The molecule has 0 aromatic carbocycles. The maximum absolute atomic E-state index is 5.92. The van der Waals surface area contributed by atoms with Gasteiger partial charge in [-0.2, -0.15) is 4.98 Å². The van der Waals surface area contributed by atoms with Crippen molar-refractivity contribution in [1.29, 1.82) is 0 Å². The van der Waals surface area contributed by atoms with Crippen LogP contribution in [0.5, 0.6) is 5.88 Å². The van der Waals surface area contributed by atoms with Gasteiger partial charge in [-0.3, -0.25) is 0 Å². The van der Waals surface area contributed by atoms with E-state index in [1.165, 1.54) is 19.3 Å². The molecule has 0 N–H and O–H groups in total. The number of aryl methyl sites for hydroxylation is 1. The van der Waals surface area contributed by atoms with E-state index in [-0.39, 0.29) is 0 Å². The summed E-state index contributed by atoms with van der Waals surface area (Å²) in [6.45, 7) is 2.08. The lowest BCUT2D eigenvalue weighted by molar-refractivity contribution is 0.398. The predicted octanol–water partition coefficient (Wildman–Crippen LogP) is 2.34. The number of alkyl halides is 1. The number of nitrogens with zero attached hydrogens (tertiary/aromatic N) is 4. The molecular weight excluding hydrogens is 276 g/mol. The fourth-order valence-electron chi connectivity index (χ4n) is 2.71. The van der Waals surface area contributed by atoms with Crippen molar-refractivity contribution >= 4 is 22.8 Å². The molecule has 0 unspecified atom stereocenters. The van der Waals surface area contributed by atoms with Crippen LogP contribution in [0, 0.1) is 0 Å². The smallest absolute Gasteiger partial charge is 0.215 e. The van der Waals surface area contributed by atoms with Gasteiger partial charge in [-0.15, -0.1) is 11.6 Å². The van der Waals surface area contributed by atoms with Gasteiger partial charge in [0.1, 0.15) is 11.3 Å². The van der Waals surface area contributed by atoms with E-state index in [0.717, 1.165) is 36.5 Å². The fourth-order valence-corrected chi connectivity index (χ4v) is 2.88. The molecule has 1 aliphatic rings. The Kier molecular flexibility index (Phi) is 3.96. The predicted molar refractivity (Wildman–Crippen MR) is 80.3 cm³/mol. The maximum atomic E-state index is 5.92. The first-order chi connectivity index (χ1) is 9.83. The Bertz CT molecular complexity index is 592. The van der Waals surface area contributed by atoms with E-state index in [9.17, 15) is 0 Å². The van der Waals surface area contributed by atoms with Crippen molar-refractivity contribution in [2.24, 2.45) is 0 Å². The summed E-state index contributed by atoms with van der Waals surface area (Å²) >= 11 is 5.92. The molecule has 0 amide bonds. The lowest BCUT2D eigenvalue weighted by Gasteiger charge is -2.30. The number of rotatable bonds is 4. The van der Waals surface area contributed by atoms with Crippen LogP contribution >= 0.6 is 11.6 Å². The molecule has 108 valence electrons. The lowest BCUT2D eigenvalue weighted by atomic mass is 10.2. The highest BCUT2D eigenvalue weighted by molar-refractivity contribution is 6.17. The van der Waals surface area contributed by atoms with Gasteiger partial charge in [0.05, 0.1) is 7.11 Å². The van der Waals surface area contributed by atoms with E-state index < -0.39 is 0 Å². The first-order valence-electron chi connectivity index (χ1n) is 7.07. The molecule has 0 saturated carbocycles. The third-order valence-corrected chi connectivity index (χ3v) is 3.86. The number of piperidine rings is 1. The van der Waals surface area contributed by atoms with Crippen LogP contribution in [0.15, 0.2) is 12.1 Å². The molecule has 0 radical (unpaired) electrons. The maximum Gasteiger partial charge on any atom is 0.215 e. The van der Waals surface area contributed by atoms with Gasteiger partial charge in [0.2, 0.25) is 5.88 Å². The normalized spacial score (nSPS) is 15.8. The summed E-state index contributed by atoms with van der Waals surface area (Å²) < 4.78 is 7.38. The Morgan fingerprint density at radius 2 is 2.00 bits per heavy atom. The molecule has 1 saturated heterocycles. The van der Waals surface area contributed by atoms with Crippen LogP contribution < -0.4 is 9.75 Å². The number of halogens is 1. The highest BCUT2D eigenvalue weighted by Gasteiger charge is 2.19. The average Bonchev–Trinajstić information content (AvgIpc) is 2.85. The summed E-state index contributed by atoms with van der Waals surface area (Å²) in [7, 11) is 1.63. The van der Waals surface area contributed by atoms with E-state index in [1.807, 2.05) is 12.1 Å². The van der Waals surface area contributed by atoms with Crippen molar-refractivity contribution in [2.45, 2.75) is 25.7 Å². The highest BCUT2D eigenvalue weighted by Crippen LogP contribution is 2.21. The molecule has 0 aliphatic carbocycles. The van der Waals surface area contributed by atoms with Crippen LogP contribution in [0.4, 0.5) is 0 Å². The summed E-state index contributed by atoms with van der Waals surface area (Å²) in [5.41, 5.74) is 1.77. The molecule has 0 bridgehead atoms. The number of aromatic nitrogens is 3. The van der Waals surface area contributed by atoms with Crippen LogP contribution in [0.2, 0.25) is 0 Å². The molecule has 3 heterocycles. The number of hydrogen-bond acceptors (Lipinski definition) is 4. The Balaban J connectivity index is 2.10. The summed E-state index contributed by atoms with van der Waals surface area (Å²) in [5.74, 6) is 2.17. The monoisotopic (exact) mass is 294 g/mol. The number of imidazole rings is 1. The molecule has 20 heavy (non-hydrogen) atoms. The van der Waals surface area contributed by atoms with Crippen molar-refractivity contribution < 1.29 is 4.74 Å². The van der Waals surface area contributed by atoms with Crippen LogP contribution in [-0.2, 0) is 6.42 Å². The average molecular weight is 295 g/mol. The van der Waals surface area contributed by atoms with Gasteiger partial charge < -0.3 is 9.75 Å². The Morgan fingerprint density at radius 1 is 1.20 bits per heavy atom. The molecule has 6 heteroatoms. The Hall–Kier alpha value is -1.49. The van der Waals surface area contributed by atoms with Crippen molar-refractivity contribution in [3.8, 4) is 5.88 Å². The zero-order valence-corrected chi connectivity index (χ0v) is 12.4. The second kappa shape index (κ2) is 5.87. The zero-order chi connectivity index (χ0) is 13.9. The summed E-state index contributed by atoms with van der Waals surface area (Å²) in [5, 5.41) is 2.33. The minimum absolute atomic E-state index is 0.564. The van der Waals surface area contributed by atoms with Gasteiger partial charge in [0.15, 0.2) is 5.65 Å². The first kappa shape index (κ1) is 13.5. The van der Waals surface area contributed by atoms with Crippen molar-refractivity contribution in [2.75, 3.05) is 31.1 Å². The number of fused-ring (bicyclic) bond motifs is 1.